The van der Waals surface area contributed by atoms with Crippen LogP contribution >= 0.6 is 45.9 Å². The van der Waals surface area contributed by atoms with Gasteiger partial charge >= 0.3 is 0 Å². The van der Waals surface area contributed by atoms with Gasteiger partial charge in [0.25, 0.3) is 0 Å². The zero-order valence-electron chi connectivity index (χ0n) is 71.2. The van der Waals surface area contributed by atoms with Crippen molar-refractivity contribution in [3.8, 4) is 0 Å². The third-order valence-corrected chi connectivity index (χ3v) is 14.0. The number of hydrogen-bond acceptors (Lipinski definition) is 17. The molecule has 0 fully saturated rings. The predicted molar refractivity (Wildman–Crippen MR) is 448 cm³/mol. The quantitative estimate of drug-likeness (QED) is 0.116. The molecule has 100 heavy (non-hydrogen) atoms. The Morgan fingerprint density at radius 2 is 0.900 bits per heavy atom. The minimum Gasteiger partial charge on any atom is -0.451 e. The van der Waals surface area contributed by atoms with Gasteiger partial charge < -0.3 is 13.3 Å². The lowest BCUT2D eigenvalue weighted by atomic mass is 10.1. The summed E-state index contributed by atoms with van der Waals surface area (Å²) in [5.41, 5.74) is 9.10. The number of oxazole rings is 3. The van der Waals surface area contributed by atoms with Crippen molar-refractivity contribution in [1.82, 2.24) is 63.6 Å². The molecule has 0 aromatic carbocycles. The molecule has 580 valence electrons. The first kappa shape index (κ1) is 115. The van der Waals surface area contributed by atoms with Crippen LogP contribution in [0.2, 0.25) is 0 Å². The number of hydrogen-bond donors (Lipinski definition) is 3. The van der Waals surface area contributed by atoms with Crippen LogP contribution in [0.25, 0.3) is 0 Å². The molecule has 16 nitrogen and oxygen atoms in total. The maximum Gasteiger partial charge on any atom is 0.196 e. The minimum absolute atomic E-state index is 0.407. The van der Waals surface area contributed by atoms with E-state index in [4.69, 9.17) is 13.3 Å². The Kier molecular flexibility index (Phi) is 102. The molecule has 0 aliphatic heterocycles. The lowest BCUT2D eigenvalue weighted by Crippen LogP contribution is -1.85. The lowest BCUT2D eigenvalue weighted by Gasteiger charge is -1.95. The van der Waals surface area contributed by atoms with E-state index in [9.17, 15) is 0 Å². The molecule has 20 heteroatoms. The molecule has 0 amide bonds. The largest absolute Gasteiger partial charge is 0.451 e. The number of thiazole rings is 1. The monoisotopic (exact) mass is 1470 g/mol. The van der Waals surface area contributed by atoms with Gasteiger partial charge in [0.1, 0.15) is 18.3 Å². The maximum absolute atomic E-state index is 4.98. The molecule has 0 aliphatic rings. The second kappa shape index (κ2) is 88.9. The van der Waals surface area contributed by atoms with Crippen molar-refractivity contribution in [3.05, 3.63) is 177 Å². The molecule has 0 radical (unpaired) electrons. The number of nitrogens with zero attached hydrogens (tertiary/aromatic N) is 10. The summed E-state index contributed by atoms with van der Waals surface area (Å²) in [6.45, 7) is 82.5. The number of nitrogens with one attached hydrogen (secondary N) is 3. The minimum atomic E-state index is 0.407. The van der Waals surface area contributed by atoms with E-state index in [2.05, 4.69) is 206 Å². The first-order valence-corrected chi connectivity index (χ1v) is 40.6. The van der Waals surface area contributed by atoms with Gasteiger partial charge in [0, 0.05) is 80.9 Å². The molecular weight excluding hydrogens is 1320 g/mol. The summed E-state index contributed by atoms with van der Waals surface area (Å²) in [5, 5.41) is 24.1. The second-order valence-corrected chi connectivity index (χ2v) is 24.1. The van der Waals surface area contributed by atoms with Gasteiger partial charge in [-0.3, -0.25) is 20.3 Å². The fraction of sp³-hybridized carbons (Fsp3) is 0.625. The topological polar surface area (TPSA) is 216 Å². The first-order chi connectivity index (χ1) is 48.0. The normalized spacial score (nSPS) is 8.90. The summed E-state index contributed by atoms with van der Waals surface area (Å²) < 4.78 is 26.9. The molecule has 0 bridgehead atoms. The van der Waals surface area contributed by atoms with Crippen LogP contribution < -0.4 is 0 Å². The predicted octanol–water partition coefficient (Wildman–Crippen LogP) is 29.3. The van der Waals surface area contributed by atoms with Gasteiger partial charge in [0.2, 0.25) is 0 Å². The van der Waals surface area contributed by atoms with Gasteiger partial charge in [-0.1, -0.05) is 277 Å². The Hall–Kier alpha value is -6.22. The molecule has 10 rings (SSSR count). The van der Waals surface area contributed by atoms with E-state index in [1.54, 1.807) is 60.2 Å². The average Bonchev–Trinajstić information content (AvgIpc) is 3.90. The van der Waals surface area contributed by atoms with Crippen LogP contribution in [0.4, 0.5) is 0 Å². The van der Waals surface area contributed by atoms with Gasteiger partial charge in [0.15, 0.2) is 18.7 Å². The van der Waals surface area contributed by atoms with Gasteiger partial charge in [-0.15, -0.1) is 11.3 Å². The molecule has 0 saturated carbocycles. The van der Waals surface area contributed by atoms with Crippen molar-refractivity contribution < 1.29 is 13.3 Å². The summed E-state index contributed by atoms with van der Waals surface area (Å²) in [4.78, 5) is 18.4. The van der Waals surface area contributed by atoms with Crippen molar-refractivity contribution in [2.75, 3.05) is 0 Å². The highest BCUT2D eigenvalue weighted by atomic mass is 32.1. The summed E-state index contributed by atoms with van der Waals surface area (Å²) in [6.07, 6.45) is 22.6. The van der Waals surface area contributed by atoms with Crippen LogP contribution in [-0.4, -0.2) is 63.6 Å². The molecule has 10 aromatic rings. The standard InChI is InChI=1S/3C6H10N2.3C6H9NO.4C6H9NS.10C2H6/c1-5(2)6-3-7-8-4-6;2*1-5(2)6-3-4-7-8-6;1-5(2)6-3-8-4-7-6;1-5(2)6-3-7-4-8-6;1-5(2)6-7-3-4-8-6;1-5(2)6-3-7-4-8-6;1-5(2)6-3-7-8-4-6;1-5(2)6-3-4-8-7-6;1-5(2)6-3-4-7-8-6;10*1-2/h3*3-5H,1-2H3,(H,7,8);7*3-5H,1-2H3;10*1-2H3. The van der Waals surface area contributed by atoms with Crippen molar-refractivity contribution >= 4 is 45.9 Å². The van der Waals surface area contributed by atoms with Crippen molar-refractivity contribution in [3.63, 3.8) is 0 Å². The van der Waals surface area contributed by atoms with Gasteiger partial charge in [0.05, 0.1) is 35.5 Å². The van der Waals surface area contributed by atoms with E-state index in [1.165, 1.54) is 73.8 Å². The molecule has 0 unspecified atom stereocenters. The highest BCUT2D eigenvalue weighted by Crippen LogP contribution is 2.19. The summed E-state index contributed by atoms with van der Waals surface area (Å²) in [5.74, 6) is 7.33. The summed E-state index contributed by atoms with van der Waals surface area (Å²) >= 11 is 6.34. The highest BCUT2D eigenvalue weighted by Gasteiger charge is 2.04. The molecule has 3 N–H and O–H groups in total. The maximum atomic E-state index is 4.98. The van der Waals surface area contributed by atoms with Gasteiger partial charge in [-0.25, -0.2) is 23.7 Å². The van der Waals surface area contributed by atoms with Crippen LogP contribution in [0.15, 0.2) is 135 Å². The SMILES string of the molecule is CC.CC.CC.CC.CC.CC.CC.CC.CC.CC.CC(C)c1ccn[nH]1.CC(C)c1ccn[nH]1.CC(C)c1ccns1.CC(C)c1ccsn1.CC(C)c1cn[nH]c1.CC(C)c1cnco1.CC(C)c1cncs1.CC(C)c1cnsc1.CC(C)c1cocn1.CC(C)c1ncco1. The van der Waals surface area contributed by atoms with E-state index in [0.717, 1.165) is 17.3 Å². The third-order valence-electron chi connectivity index (χ3n) is 10.7. The van der Waals surface area contributed by atoms with Gasteiger partial charge in [-0.05, 0) is 117 Å². The Morgan fingerprint density at radius 3 is 1.08 bits per heavy atom. The second-order valence-electron chi connectivity index (χ2n) is 21.0. The van der Waals surface area contributed by atoms with Crippen LogP contribution in [0, 0.1) is 0 Å². The Labute approximate surface area is 631 Å². The van der Waals surface area contributed by atoms with Crippen LogP contribution in [0.5, 0.6) is 0 Å². The van der Waals surface area contributed by atoms with Crippen molar-refractivity contribution in [1.29, 1.82) is 0 Å². The molecule has 0 atom stereocenters. The average molecular weight is 1470 g/mol. The molecule has 0 saturated heterocycles. The van der Waals surface area contributed by atoms with E-state index in [-0.39, 0.29) is 0 Å². The Bertz CT molecular complexity index is 2080. The Morgan fingerprint density at radius 1 is 0.390 bits per heavy atom. The lowest BCUT2D eigenvalue weighted by molar-refractivity contribution is 0.471. The number of rotatable bonds is 10. The first-order valence-electron chi connectivity index (χ1n) is 37.3. The fourth-order valence-electron chi connectivity index (χ4n) is 5.34. The third kappa shape index (κ3) is 70.2. The molecular formula is C80H153N13O3S4. The Balaban J connectivity index is -0.000000109. The van der Waals surface area contributed by atoms with E-state index >= 15 is 0 Å². The summed E-state index contributed by atoms with van der Waals surface area (Å²) in [6, 6.07) is 8.11. The molecule has 0 spiro atoms. The highest BCUT2D eigenvalue weighted by molar-refractivity contribution is 7.09. The van der Waals surface area contributed by atoms with Crippen LogP contribution in [0.3, 0.4) is 0 Å². The summed E-state index contributed by atoms with van der Waals surface area (Å²) in [7, 11) is 0. The van der Waals surface area contributed by atoms with E-state index in [0.29, 0.717) is 59.2 Å². The van der Waals surface area contributed by atoms with E-state index < -0.39 is 0 Å². The van der Waals surface area contributed by atoms with Crippen LogP contribution in [-0.2, 0) is 0 Å². The van der Waals surface area contributed by atoms with E-state index in [1.807, 2.05) is 206 Å². The molecule has 10 aromatic heterocycles. The van der Waals surface area contributed by atoms with Crippen LogP contribution in [0.1, 0.15) is 391 Å². The number of aromatic amines is 3. The smallest absolute Gasteiger partial charge is 0.196 e. The van der Waals surface area contributed by atoms with Crippen molar-refractivity contribution in [2.45, 2.75) is 336 Å². The molecule has 0 aliphatic carbocycles. The zero-order chi connectivity index (χ0) is 79.8. The van der Waals surface area contributed by atoms with Gasteiger partial charge in [-0.2, -0.15) is 19.7 Å². The fourth-order valence-corrected chi connectivity index (χ4v) is 7.91. The molecule has 10 heterocycles. The number of aromatic nitrogens is 13. The van der Waals surface area contributed by atoms with Crippen molar-refractivity contribution in [2.24, 2.45) is 0 Å². The zero-order valence-corrected chi connectivity index (χ0v) is 74.4. The number of H-pyrrole nitrogens is 3.